The van der Waals surface area contributed by atoms with E-state index in [2.05, 4.69) is 11.9 Å². The predicted molar refractivity (Wildman–Crippen MR) is 79.2 cm³/mol. The van der Waals surface area contributed by atoms with Gasteiger partial charge in [-0.1, -0.05) is 20.3 Å². The average molecular weight is 289 g/mol. The molecule has 0 aromatic carbocycles. The smallest absolute Gasteiger partial charge is 0.239 e. The van der Waals surface area contributed by atoms with Gasteiger partial charge in [0, 0.05) is 32.5 Å². The Labute approximate surface area is 121 Å². The Morgan fingerprint density at radius 2 is 2.21 bits per heavy atom. The Hall–Kier alpha value is -1.07. The van der Waals surface area contributed by atoms with E-state index in [0.29, 0.717) is 0 Å². The number of likely N-dealkylation sites (N-methyl/N-ethyl adjacent to an activating group) is 1. The van der Waals surface area contributed by atoms with Crippen LogP contribution in [0.4, 0.5) is 0 Å². The van der Waals surface area contributed by atoms with Crippen LogP contribution in [0, 0.1) is 5.92 Å². The number of halogens is 1. The Morgan fingerprint density at radius 1 is 1.53 bits per heavy atom. The van der Waals surface area contributed by atoms with E-state index in [9.17, 15) is 4.79 Å². The summed E-state index contributed by atoms with van der Waals surface area (Å²) in [5.41, 5.74) is 5.93. The van der Waals surface area contributed by atoms with Crippen molar-refractivity contribution in [3.05, 3.63) is 18.7 Å². The molecule has 0 saturated heterocycles. The summed E-state index contributed by atoms with van der Waals surface area (Å²) in [5, 5.41) is 0. The summed E-state index contributed by atoms with van der Waals surface area (Å²) in [5.74, 6) is 0.267. The molecule has 5 nitrogen and oxygen atoms in total. The van der Waals surface area contributed by atoms with Gasteiger partial charge < -0.3 is 15.2 Å². The number of hydrogen-bond donors (Lipinski definition) is 1. The lowest BCUT2D eigenvalue weighted by Crippen LogP contribution is -2.45. The van der Waals surface area contributed by atoms with Crippen molar-refractivity contribution < 1.29 is 4.79 Å². The lowest BCUT2D eigenvalue weighted by Gasteiger charge is -2.24. The molecule has 0 saturated carbocycles. The fourth-order valence-corrected chi connectivity index (χ4v) is 1.77. The molecule has 0 spiro atoms. The van der Waals surface area contributed by atoms with Gasteiger partial charge >= 0.3 is 0 Å². The monoisotopic (exact) mass is 288 g/mol. The lowest BCUT2D eigenvalue weighted by atomic mass is 9.99. The van der Waals surface area contributed by atoms with E-state index in [4.69, 9.17) is 5.73 Å². The minimum atomic E-state index is -0.381. The number of aromatic nitrogens is 2. The zero-order valence-electron chi connectivity index (χ0n) is 12.0. The largest absolute Gasteiger partial charge is 0.344 e. The molecule has 2 unspecified atom stereocenters. The van der Waals surface area contributed by atoms with Crippen LogP contribution < -0.4 is 5.73 Å². The molecular formula is C13H25ClN4O. The third-order valence-corrected chi connectivity index (χ3v) is 3.39. The Bertz CT molecular complexity index is 356. The van der Waals surface area contributed by atoms with Crippen molar-refractivity contribution in [2.24, 2.45) is 11.7 Å². The van der Waals surface area contributed by atoms with Crippen molar-refractivity contribution >= 4 is 18.3 Å². The van der Waals surface area contributed by atoms with Crippen molar-refractivity contribution in [1.29, 1.82) is 0 Å². The Kier molecular flexibility index (Phi) is 8.43. The SMILES string of the molecule is CCC(C)C(N)C(=O)N(C)CCCn1ccnc1.Cl. The maximum atomic E-state index is 12.0. The lowest BCUT2D eigenvalue weighted by molar-refractivity contribution is -0.132. The molecule has 0 aliphatic heterocycles. The van der Waals surface area contributed by atoms with Crippen LogP contribution in [0.25, 0.3) is 0 Å². The first kappa shape index (κ1) is 17.9. The maximum absolute atomic E-state index is 12.0. The number of nitrogens with two attached hydrogens (primary N) is 1. The molecule has 1 amide bonds. The van der Waals surface area contributed by atoms with E-state index < -0.39 is 0 Å². The molecular weight excluding hydrogens is 264 g/mol. The van der Waals surface area contributed by atoms with E-state index in [1.165, 1.54) is 0 Å². The topological polar surface area (TPSA) is 64.2 Å². The van der Waals surface area contributed by atoms with E-state index >= 15 is 0 Å². The highest BCUT2D eigenvalue weighted by Gasteiger charge is 2.22. The second-order valence-corrected chi connectivity index (χ2v) is 4.83. The molecule has 0 radical (unpaired) electrons. The van der Waals surface area contributed by atoms with Gasteiger partial charge in [-0.2, -0.15) is 0 Å². The highest BCUT2D eigenvalue weighted by Crippen LogP contribution is 2.08. The number of amides is 1. The molecule has 1 rings (SSSR count). The third kappa shape index (κ3) is 5.61. The zero-order chi connectivity index (χ0) is 13.5. The standard InChI is InChI=1S/C13H24N4O.ClH/c1-4-11(2)12(14)13(18)16(3)7-5-8-17-9-6-15-10-17;/h6,9-12H,4-5,7-8,14H2,1-3H3;1H. The molecule has 1 aromatic heterocycles. The van der Waals surface area contributed by atoms with Crippen LogP contribution in [0.2, 0.25) is 0 Å². The highest BCUT2D eigenvalue weighted by molar-refractivity contribution is 5.85. The molecule has 6 heteroatoms. The summed E-state index contributed by atoms with van der Waals surface area (Å²) in [6.07, 6.45) is 7.30. The molecule has 0 aliphatic rings. The van der Waals surface area contributed by atoms with Crippen LogP contribution in [0.5, 0.6) is 0 Å². The van der Waals surface area contributed by atoms with Gasteiger partial charge in [0.1, 0.15) is 0 Å². The van der Waals surface area contributed by atoms with Gasteiger partial charge in [-0.3, -0.25) is 4.79 Å². The summed E-state index contributed by atoms with van der Waals surface area (Å²) >= 11 is 0. The summed E-state index contributed by atoms with van der Waals surface area (Å²) in [6.45, 7) is 5.66. The zero-order valence-corrected chi connectivity index (χ0v) is 12.8. The Balaban J connectivity index is 0.00000324. The second kappa shape index (κ2) is 8.93. The van der Waals surface area contributed by atoms with Gasteiger partial charge in [-0.15, -0.1) is 12.4 Å². The van der Waals surface area contributed by atoms with Gasteiger partial charge in [-0.05, 0) is 12.3 Å². The third-order valence-electron chi connectivity index (χ3n) is 3.39. The minimum absolute atomic E-state index is 0. The van der Waals surface area contributed by atoms with Crippen LogP contribution in [0.15, 0.2) is 18.7 Å². The van der Waals surface area contributed by atoms with E-state index in [1.807, 2.05) is 24.7 Å². The maximum Gasteiger partial charge on any atom is 0.239 e. The average Bonchev–Trinajstić information content (AvgIpc) is 2.88. The number of nitrogens with zero attached hydrogens (tertiary/aromatic N) is 3. The molecule has 1 heterocycles. The molecule has 0 aliphatic carbocycles. The van der Waals surface area contributed by atoms with Crippen LogP contribution in [-0.4, -0.2) is 40.0 Å². The Morgan fingerprint density at radius 3 is 2.74 bits per heavy atom. The minimum Gasteiger partial charge on any atom is -0.344 e. The van der Waals surface area contributed by atoms with Crippen LogP contribution in [0.3, 0.4) is 0 Å². The van der Waals surface area contributed by atoms with Gasteiger partial charge in [0.15, 0.2) is 0 Å². The number of rotatable bonds is 7. The van der Waals surface area contributed by atoms with Crippen molar-refractivity contribution in [3.63, 3.8) is 0 Å². The molecule has 0 fully saturated rings. The van der Waals surface area contributed by atoms with Gasteiger partial charge in [0.05, 0.1) is 12.4 Å². The van der Waals surface area contributed by atoms with Gasteiger partial charge in [0.25, 0.3) is 0 Å². The van der Waals surface area contributed by atoms with Crippen molar-refractivity contribution in [1.82, 2.24) is 14.5 Å². The predicted octanol–water partition coefficient (Wildman–Crippen LogP) is 1.53. The fourth-order valence-electron chi connectivity index (χ4n) is 1.77. The first-order valence-corrected chi connectivity index (χ1v) is 6.52. The van der Waals surface area contributed by atoms with Gasteiger partial charge in [0.2, 0.25) is 5.91 Å². The molecule has 110 valence electrons. The normalized spacial score (nSPS) is 13.5. The van der Waals surface area contributed by atoms with Gasteiger partial charge in [-0.25, -0.2) is 4.98 Å². The number of carbonyl (C=O) groups excluding carboxylic acids is 1. The molecule has 2 N–H and O–H groups in total. The van der Waals surface area contributed by atoms with E-state index in [1.54, 1.807) is 17.4 Å². The van der Waals surface area contributed by atoms with Crippen molar-refractivity contribution in [2.75, 3.05) is 13.6 Å². The summed E-state index contributed by atoms with van der Waals surface area (Å²) in [7, 11) is 1.82. The van der Waals surface area contributed by atoms with Crippen LogP contribution in [-0.2, 0) is 11.3 Å². The van der Waals surface area contributed by atoms with Crippen LogP contribution in [0.1, 0.15) is 26.7 Å². The van der Waals surface area contributed by atoms with Crippen LogP contribution >= 0.6 is 12.4 Å². The fraction of sp³-hybridized carbons (Fsp3) is 0.692. The number of carbonyl (C=O) groups is 1. The first-order chi connectivity index (χ1) is 8.56. The quantitative estimate of drug-likeness (QED) is 0.827. The number of imidazole rings is 1. The van der Waals surface area contributed by atoms with E-state index in [0.717, 1.165) is 25.9 Å². The summed E-state index contributed by atoms with van der Waals surface area (Å²) < 4.78 is 2.01. The summed E-state index contributed by atoms with van der Waals surface area (Å²) in [6, 6.07) is -0.381. The van der Waals surface area contributed by atoms with Crippen molar-refractivity contribution in [3.8, 4) is 0 Å². The molecule has 2 atom stereocenters. The highest BCUT2D eigenvalue weighted by atomic mass is 35.5. The number of hydrogen-bond acceptors (Lipinski definition) is 3. The molecule has 1 aromatic rings. The number of aryl methyl sites for hydroxylation is 1. The molecule has 19 heavy (non-hydrogen) atoms. The molecule has 0 bridgehead atoms. The van der Waals surface area contributed by atoms with Crippen molar-refractivity contribution in [2.45, 2.75) is 39.3 Å². The second-order valence-electron chi connectivity index (χ2n) is 4.83. The van der Waals surface area contributed by atoms with E-state index in [-0.39, 0.29) is 30.3 Å². The first-order valence-electron chi connectivity index (χ1n) is 6.52. The summed E-state index contributed by atoms with van der Waals surface area (Å²) in [4.78, 5) is 17.7.